The molecule has 0 saturated carbocycles. The van der Waals surface area contributed by atoms with Gasteiger partial charge in [0.05, 0.1) is 4.90 Å². The van der Waals surface area contributed by atoms with E-state index in [-0.39, 0.29) is 10.8 Å². The minimum atomic E-state index is -3.52. The number of hydrogen-bond donors (Lipinski definition) is 2. The highest BCUT2D eigenvalue weighted by Crippen LogP contribution is 2.19. The predicted octanol–water partition coefficient (Wildman–Crippen LogP) is 3.70. The van der Waals surface area contributed by atoms with Crippen LogP contribution in [-0.2, 0) is 21.2 Å². The SMILES string of the molecule is CC(C)(C)NS(=O)(=O)c1ccc(CCC(=O)NCCC2=CCCCC2)cc1. The van der Waals surface area contributed by atoms with Gasteiger partial charge in [-0.15, -0.1) is 0 Å². The lowest BCUT2D eigenvalue weighted by atomic mass is 9.97. The van der Waals surface area contributed by atoms with E-state index in [4.69, 9.17) is 0 Å². The van der Waals surface area contributed by atoms with E-state index in [0.29, 0.717) is 19.4 Å². The Morgan fingerprint density at radius 2 is 1.78 bits per heavy atom. The average molecular weight is 393 g/mol. The number of carbonyl (C=O) groups excluding carboxylic acids is 1. The number of nitrogens with one attached hydrogen (secondary N) is 2. The Morgan fingerprint density at radius 3 is 2.37 bits per heavy atom. The van der Waals surface area contributed by atoms with Gasteiger partial charge in [-0.3, -0.25) is 4.79 Å². The number of carbonyl (C=O) groups is 1. The highest BCUT2D eigenvalue weighted by Gasteiger charge is 2.21. The fraction of sp³-hybridized carbons (Fsp3) is 0.571. The van der Waals surface area contributed by atoms with Crippen molar-refractivity contribution in [3.8, 4) is 0 Å². The summed E-state index contributed by atoms with van der Waals surface area (Å²) in [6.07, 6.45) is 9.13. The van der Waals surface area contributed by atoms with Gasteiger partial charge in [0.1, 0.15) is 0 Å². The molecule has 0 radical (unpaired) electrons. The third-order valence-corrected chi connectivity index (χ3v) is 6.24. The predicted molar refractivity (Wildman–Crippen MR) is 109 cm³/mol. The van der Waals surface area contributed by atoms with Gasteiger partial charge in [0.15, 0.2) is 0 Å². The third-order valence-electron chi connectivity index (χ3n) is 4.47. The van der Waals surface area contributed by atoms with E-state index in [9.17, 15) is 13.2 Å². The van der Waals surface area contributed by atoms with Crippen molar-refractivity contribution in [3.05, 3.63) is 41.5 Å². The van der Waals surface area contributed by atoms with Crippen molar-refractivity contribution >= 4 is 15.9 Å². The molecule has 27 heavy (non-hydrogen) atoms. The minimum absolute atomic E-state index is 0.0394. The van der Waals surface area contributed by atoms with Gasteiger partial charge >= 0.3 is 0 Å². The molecule has 6 heteroatoms. The first-order chi connectivity index (χ1) is 12.7. The zero-order valence-electron chi connectivity index (χ0n) is 16.7. The van der Waals surface area contributed by atoms with Gasteiger partial charge in [-0.05, 0) is 77.0 Å². The number of hydrogen-bond acceptors (Lipinski definition) is 3. The summed E-state index contributed by atoms with van der Waals surface area (Å²) in [6, 6.07) is 6.74. The molecule has 5 nitrogen and oxygen atoms in total. The summed E-state index contributed by atoms with van der Waals surface area (Å²) in [5, 5.41) is 2.98. The molecule has 1 aliphatic rings. The van der Waals surface area contributed by atoms with Crippen LogP contribution in [0.3, 0.4) is 0 Å². The van der Waals surface area contributed by atoms with Gasteiger partial charge in [-0.1, -0.05) is 23.8 Å². The summed E-state index contributed by atoms with van der Waals surface area (Å²) >= 11 is 0. The van der Waals surface area contributed by atoms with Crippen molar-refractivity contribution in [2.24, 2.45) is 0 Å². The second-order valence-corrected chi connectivity index (χ2v) is 9.89. The number of sulfonamides is 1. The molecule has 0 heterocycles. The maximum absolute atomic E-state index is 12.3. The average Bonchev–Trinajstić information content (AvgIpc) is 2.59. The zero-order chi connectivity index (χ0) is 19.9. The lowest BCUT2D eigenvalue weighted by molar-refractivity contribution is -0.121. The Morgan fingerprint density at radius 1 is 1.07 bits per heavy atom. The molecular weight excluding hydrogens is 360 g/mol. The molecule has 150 valence electrons. The second kappa shape index (κ2) is 9.51. The molecule has 0 atom stereocenters. The monoisotopic (exact) mass is 392 g/mol. The highest BCUT2D eigenvalue weighted by atomic mass is 32.2. The van der Waals surface area contributed by atoms with Gasteiger partial charge in [-0.2, -0.15) is 0 Å². The van der Waals surface area contributed by atoms with Gasteiger partial charge < -0.3 is 5.32 Å². The first-order valence-corrected chi connectivity index (χ1v) is 11.2. The molecule has 0 bridgehead atoms. The normalized spacial score (nSPS) is 15.3. The first kappa shape index (κ1) is 21.6. The zero-order valence-corrected chi connectivity index (χ0v) is 17.5. The van der Waals surface area contributed by atoms with Crippen molar-refractivity contribution < 1.29 is 13.2 Å². The van der Waals surface area contributed by atoms with Crippen LogP contribution in [0.1, 0.15) is 64.9 Å². The Labute approximate surface area is 163 Å². The number of allylic oxidation sites excluding steroid dienone is 1. The van der Waals surface area contributed by atoms with Gasteiger partial charge in [0, 0.05) is 18.5 Å². The molecular formula is C21H32N2O3S. The molecule has 2 rings (SSSR count). The Hall–Kier alpha value is -1.66. The highest BCUT2D eigenvalue weighted by molar-refractivity contribution is 7.89. The smallest absolute Gasteiger partial charge is 0.241 e. The lowest BCUT2D eigenvalue weighted by Crippen LogP contribution is -2.40. The van der Waals surface area contributed by atoms with Crippen LogP contribution in [0.25, 0.3) is 0 Å². The summed E-state index contributed by atoms with van der Waals surface area (Å²) in [5.74, 6) is 0.0394. The van der Waals surface area contributed by atoms with Crippen LogP contribution in [0.5, 0.6) is 0 Å². The van der Waals surface area contributed by atoms with Crippen molar-refractivity contribution in [1.29, 1.82) is 0 Å². The van der Waals surface area contributed by atoms with E-state index in [2.05, 4.69) is 16.1 Å². The van der Waals surface area contributed by atoms with Crippen LogP contribution in [0.2, 0.25) is 0 Å². The van der Waals surface area contributed by atoms with Gasteiger partial charge in [0.2, 0.25) is 15.9 Å². The van der Waals surface area contributed by atoms with Crippen LogP contribution in [0.15, 0.2) is 40.8 Å². The number of rotatable bonds is 8. The molecule has 1 aromatic carbocycles. The summed E-state index contributed by atoms with van der Waals surface area (Å²) in [5.41, 5.74) is 1.89. The molecule has 0 aromatic heterocycles. The summed E-state index contributed by atoms with van der Waals surface area (Å²) in [6.45, 7) is 6.12. The Kier molecular flexibility index (Phi) is 7.62. The molecule has 0 aliphatic heterocycles. The second-order valence-electron chi connectivity index (χ2n) is 8.21. The molecule has 1 aliphatic carbocycles. The van der Waals surface area contributed by atoms with Crippen molar-refractivity contribution in [2.45, 2.75) is 76.2 Å². The molecule has 0 fully saturated rings. The third kappa shape index (κ3) is 7.85. The maximum atomic E-state index is 12.3. The topological polar surface area (TPSA) is 75.3 Å². The molecule has 1 amide bonds. The van der Waals surface area contributed by atoms with Crippen LogP contribution in [0.4, 0.5) is 0 Å². The van der Waals surface area contributed by atoms with Crippen LogP contribution >= 0.6 is 0 Å². The fourth-order valence-electron chi connectivity index (χ4n) is 3.14. The van der Waals surface area contributed by atoms with E-state index in [0.717, 1.165) is 18.4 Å². The van der Waals surface area contributed by atoms with E-state index >= 15 is 0 Å². The Bertz CT molecular complexity index is 760. The van der Waals surface area contributed by atoms with Gasteiger partial charge in [-0.25, -0.2) is 13.1 Å². The molecule has 0 spiro atoms. The van der Waals surface area contributed by atoms with E-state index in [1.807, 2.05) is 20.8 Å². The summed E-state index contributed by atoms with van der Waals surface area (Å²) in [7, 11) is -3.52. The fourth-order valence-corrected chi connectivity index (χ4v) is 4.56. The van der Waals surface area contributed by atoms with E-state index in [1.54, 1.807) is 24.3 Å². The van der Waals surface area contributed by atoms with Gasteiger partial charge in [0.25, 0.3) is 0 Å². The van der Waals surface area contributed by atoms with Crippen LogP contribution in [-0.4, -0.2) is 26.4 Å². The molecule has 2 N–H and O–H groups in total. The summed E-state index contributed by atoms with van der Waals surface area (Å²) < 4.78 is 27.2. The van der Waals surface area contributed by atoms with Crippen molar-refractivity contribution in [2.75, 3.05) is 6.54 Å². The van der Waals surface area contributed by atoms with Crippen LogP contribution in [0, 0.1) is 0 Å². The molecule has 0 unspecified atom stereocenters. The van der Waals surface area contributed by atoms with Crippen molar-refractivity contribution in [3.63, 3.8) is 0 Å². The van der Waals surface area contributed by atoms with E-state index < -0.39 is 15.6 Å². The minimum Gasteiger partial charge on any atom is -0.356 e. The number of benzene rings is 1. The quantitative estimate of drug-likeness (QED) is 0.662. The van der Waals surface area contributed by atoms with Crippen LogP contribution < -0.4 is 10.0 Å². The standard InChI is InChI=1S/C21H32N2O3S/c1-21(2,3)23-27(25,26)19-12-9-18(10-13-19)11-14-20(24)22-16-15-17-7-5-4-6-8-17/h7,9-10,12-13,23H,4-6,8,11,14-16H2,1-3H3,(H,22,24). The molecule has 1 aromatic rings. The van der Waals surface area contributed by atoms with Crippen molar-refractivity contribution in [1.82, 2.24) is 10.0 Å². The molecule has 0 saturated heterocycles. The largest absolute Gasteiger partial charge is 0.356 e. The maximum Gasteiger partial charge on any atom is 0.241 e. The first-order valence-electron chi connectivity index (χ1n) is 9.73. The lowest BCUT2D eigenvalue weighted by Gasteiger charge is -2.20. The summed E-state index contributed by atoms with van der Waals surface area (Å²) in [4.78, 5) is 12.2. The number of aryl methyl sites for hydroxylation is 1. The Balaban J connectivity index is 1.77. The van der Waals surface area contributed by atoms with E-state index in [1.165, 1.54) is 24.8 Å². The number of amides is 1.